The lowest BCUT2D eigenvalue weighted by Gasteiger charge is -2.41. The quantitative estimate of drug-likeness (QED) is 0.758. The minimum atomic E-state index is -0.434. The van der Waals surface area contributed by atoms with E-state index in [9.17, 15) is 10.0 Å². The summed E-state index contributed by atoms with van der Waals surface area (Å²) in [5.74, 6) is 0.436. The first-order valence-electron chi connectivity index (χ1n) is 7.28. The molecule has 0 aliphatic heterocycles. The van der Waals surface area contributed by atoms with Crippen molar-refractivity contribution in [2.24, 2.45) is 5.92 Å². The summed E-state index contributed by atoms with van der Waals surface area (Å²) in [4.78, 5) is 11.2. The SMILES string of the molecule is CC(=O)CCC(C)(C)N(O)C(c1ccccc1)C(C)C. The molecular formula is C17H27NO2. The van der Waals surface area contributed by atoms with Gasteiger partial charge in [0, 0.05) is 12.0 Å². The van der Waals surface area contributed by atoms with Gasteiger partial charge in [-0.3, -0.25) is 0 Å². The van der Waals surface area contributed by atoms with E-state index in [1.807, 2.05) is 44.2 Å². The van der Waals surface area contributed by atoms with E-state index in [4.69, 9.17) is 0 Å². The van der Waals surface area contributed by atoms with Crippen molar-refractivity contribution in [3.8, 4) is 0 Å². The molecule has 1 N–H and O–H groups in total. The molecule has 3 heteroatoms. The van der Waals surface area contributed by atoms with E-state index >= 15 is 0 Å². The van der Waals surface area contributed by atoms with Gasteiger partial charge in [-0.2, -0.15) is 5.06 Å². The molecule has 1 rings (SSSR count). The Morgan fingerprint density at radius 3 is 2.25 bits per heavy atom. The number of hydroxylamine groups is 2. The molecule has 0 spiro atoms. The third-order valence-corrected chi connectivity index (χ3v) is 3.75. The molecule has 0 aliphatic rings. The highest BCUT2D eigenvalue weighted by atomic mass is 16.5. The van der Waals surface area contributed by atoms with Gasteiger partial charge in [0.05, 0.1) is 6.04 Å². The van der Waals surface area contributed by atoms with Gasteiger partial charge in [-0.15, -0.1) is 0 Å². The van der Waals surface area contributed by atoms with Crippen molar-refractivity contribution in [3.05, 3.63) is 35.9 Å². The van der Waals surface area contributed by atoms with Crippen LogP contribution in [0.3, 0.4) is 0 Å². The maximum Gasteiger partial charge on any atom is 0.129 e. The summed E-state index contributed by atoms with van der Waals surface area (Å²) in [6.45, 7) is 9.75. The second-order valence-electron chi connectivity index (χ2n) is 6.46. The molecule has 0 aromatic heterocycles. The highest BCUT2D eigenvalue weighted by Gasteiger charge is 2.34. The normalized spacial score (nSPS) is 13.8. The Morgan fingerprint density at radius 2 is 1.80 bits per heavy atom. The summed E-state index contributed by atoms with van der Waals surface area (Å²) >= 11 is 0. The molecular weight excluding hydrogens is 250 g/mol. The summed E-state index contributed by atoms with van der Waals surface area (Å²) in [6, 6.07) is 9.95. The van der Waals surface area contributed by atoms with Crippen molar-refractivity contribution < 1.29 is 10.0 Å². The molecule has 112 valence electrons. The highest BCUT2D eigenvalue weighted by Crippen LogP contribution is 2.34. The fourth-order valence-electron chi connectivity index (χ4n) is 2.43. The largest absolute Gasteiger partial charge is 0.313 e. The van der Waals surface area contributed by atoms with Crippen LogP contribution in [0.5, 0.6) is 0 Å². The first kappa shape index (κ1) is 16.9. The van der Waals surface area contributed by atoms with Crippen LogP contribution in [-0.4, -0.2) is 21.6 Å². The van der Waals surface area contributed by atoms with Gasteiger partial charge in [0.1, 0.15) is 5.78 Å². The van der Waals surface area contributed by atoms with Crippen LogP contribution in [0.1, 0.15) is 59.1 Å². The van der Waals surface area contributed by atoms with Crippen LogP contribution in [0.2, 0.25) is 0 Å². The van der Waals surface area contributed by atoms with Crippen LogP contribution in [0, 0.1) is 5.92 Å². The van der Waals surface area contributed by atoms with E-state index in [-0.39, 0.29) is 17.7 Å². The van der Waals surface area contributed by atoms with Crippen molar-refractivity contribution in [2.75, 3.05) is 0 Å². The summed E-state index contributed by atoms with van der Waals surface area (Å²) in [5, 5.41) is 12.1. The molecule has 0 bridgehead atoms. The summed E-state index contributed by atoms with van der Waals surface area (Å²) in [7, 11) is 0. The number of rotatable bonds is 7. The fourth-order valence-corrected chi connectivity index (χ4v) is 2.43. The van der Waals surface area contributed by atoms with Crippen molar-refractivity contribution in [3.63, 3.8) is 0 Å². The van der Waals surface area contributed by atoms with Crippen molar-refractivity contribution in [2.45, 2.75) is 59.0 Å². The van der Waals surface area contributed by atoms with Crippen LogP contribution in [0.15, 0.2) is 30.3 Å². The van der Waals surface area contributed by atoms with Crippen LogP contribution < -0.4 is 0 Å². The van der Waals surface area contributed by atoms with Gasteiger partial charge in [0.15, 0.2) is 0 Å². The maximum atomic E-state index is 11.2. The predicted molar refractivity (Wildman–Crippen MR) is 81.6 cm³/mol. The molecule has 20 heavy (non-hydrogen) atoms. The number of carbonyl (C=O) groups excluding carboxylic acids is 1. The van der Waals surface area contributed by atoms with Gasteiger partial charge in [-0.1, -0.05) is 44.2 Å². The third-order valence-electron chi connectivity index (χ3n) is 3.75. The minimum Gasteiger partial charge on any atom is -0.313 e. The lowest BCUT2D eigenvalue weighted by Crippen LogP contribution is -2.45. The van der Waals surface area contributed by atoms with Crippen LogP contribution in [0.25, 0.3) is 0 Å². The Labute approximate surface area is 122 Å². The molecule has 0 saturated heterocycles. The number of nitrogens with zero attached hydrogens (tertiary/aromatic N) is 1. The molecule has 0 saturated carbocycles. The van der Waals surface area contributed by atoms with E-state index in [2.05, 4.69) is 13.8 Å². The van der Waals surface area contributed by atoms with E-state index in [0.717, 1.165) is 5.56 Å². The monoisotopic (exact) mass is 277 g/mol. The first-order valence-corrected chi connectivity index (χ1v) is 7.28. The van der Waals surface area contributed by atoms with E-state index in [1.54, 1.807) is 6.92 Å². The zero-order chi connectivity index (χ0) is 15.3. The molecule has 1 unspecified atom stereocenters. The highest BCUT2D eigenvalue weighted by molar-refractivity contribution is 5.75. The van der Waals surface area contributed by atoms with Crippen molar-refractivity contribution in [1.29, 1.82) is 0 Å². The topological polar surface area (TPSA) is 40.5 Å². The number of carbonyl (C=O) groups is 1. The number of ketones is 1. The van der Waals surface area contributed by atoms with Gasteiger partial charge in [0.25, 0.3) is 0 Å². The zero-order valence-corrected chi connectivity index (χ0v) is 13.3. The molecule has 0 radical (unpaired) electrons. The average molecular weight is 277 g/mol. The Morgan fingerprint density at radius 1 is 1.25 bits per heavy atom. The Bertz CT molecular complexity index is 426. The van der Waals surface area contributed by atoms with E-state index in [0.29, 0.717) is 12.8 Å². The van der Waals surface area contributed by atoms with E-state index < -0.39 is 5.54 Å². The van der Waals surface area contributed by atoms with Gasteiger partial charge in [-0.05, 0) is 38.7 Å². The smallest absolute Gasteiger partial charge is 0.129 e. The zero-order valence-electron chi connectivity index (χ0n) is 13.3. The Hall–Kier alpha value is -1.19. The van der Waals surface area contributed by atoms with Crippen LogP contribution >= 0.6 is 0 Å². The van der Waals surface area contributed by atoms with Crippen molar-refractivity contribution >= 4 is 5.78 Å². The molecule has 0 amide bonds. The third kappa shape index (κ3) is 4.43. The first-order chi connectivity index (χ1) is 9.25. The van der Waals surface area contributed by atoms with Gasteiger partial charge < -0.3 is 10.0 Å². The minimum absolute atomic E-state index is 0.0711. The molecule has 0 heterocycles. The van der Waals surface area contributed by atoms with Crippen LogP contribution in [-0.2, 0) is 4.79 Å². The van der Waals surface area contributed by atoms with Crippen LogP contribution in [0.4, 0.5) is 0 Å². The Balaban J connectivity index is 2.94. The molecule has 1 aromatic rings. The van der Waals surface area contributed by atoms with E-state index in [1.165, 1.54) is 5.06 Å². The maximum absolute atomic E-state index is 11.2. The second kappa shape index (κ2) is 7.00. The lowest BCUT2D eigenvalue weighted by atomic mass is 9.89. The molecule has 0 fully saturated rings. The molecule has 1 atom stereocenters. The summed E-state index contributed by atoms with van der Waals surface area (Å²) < 4.78 is 0. The predicted octanol–water partition coefficient (Wildman–Crippen LogP) is 4.22. The van der Waals surface area contributed by atoms with Crippen molar-refractivity contribution in [1.82, 2.24) is 5.06 Å². The number of benzene rings is 1. The van der Waals surface area contributed by atoms with Gasteiger partial charge in [0.2, 0.25) is 0 Å². The lowest BCUT2D eigenvalue weighted by molar-refractivity contribution is -0.207. The second-order valence-corrected chi connectivity index (χ2v) is 6.46. The Kier molecular flexibility index (Phi) is 5.90. The molecule has 0 aliphatic carbocycles. The number of hydrogen-bond donors (Lipinski definition) is 1. The summed E-state index contributed by atoms with van der Waals surface area (Å²) in [6.07, 6.45) is 1.14. The fraction of sp³-hybridized carbons (Fsp3) is 0.588. The van der Waals surface area contributed by atoms with Gasteiger partial charge in [-0.25, -0.2) is 0 Å². The molecule has 3 nitrogen and oxygen atoms in total. The average Bonchev–Trinajstić information content (AvgIpc) is 2.37. The van der Waals surface area contributed by atoms with Gasteiger partial charge >= 0.3 is 0 Å². The summed E-state index contributed by atoms with van der Waals surface area (Å²) in [5.41, 5.74) is 0.664. The molecule has 1 aromatic carbocycles. The number of hydrogen-bond acceptors (Lipinski definition) is 3. The number of Topliss-reactive ketones (excluding diaryl/α,β-unsaturated/α-hetero) is 1. The standard InChI is InChI=1S/C17H27NO2/c1-13(2)16(15-9-7-6-8-10-15)18(20)17(4,5)12-11-14(3)19/h6-10,13,16,20H,11-12H2,1-5H3.